The number of amides is 1. The highest BCUT2D eigenvalue weighted by atomic mass is 79.9. The first kappa shape index (κ1) is 17.9. The number of para-hydroxylation sites is 1. The second-order valence-corrected chi connectivity index (χ2v) is 6.22. The lowest BCUT2D eigenvalue weighted by molar-refractivity contribution is -0.142. The molecule has 0 atom stereocenters. The van der Waals surface area contributed by atoms with Crippen LogP contribution in [0.4, 0.5) is 5.69 Å². The van der Waals surface area contributed by atoms with E-state index in [2.05, 4.69) is 21.2 Å². The number of esters is 1. The monoisotopic (exact) mass is 387 g/mol. The number of aryl methyl sites for hydroxylation is 2. The molecule has 5 heteroatoms. The maximum absolute atomic E-state index is 11.9. The van der Waals surface area contributed by atoms with Gasteiger partial charge in [-0.15, -0.1) is 0 Å². The van der Waals surface area contributed by atoms with E-state index in [1.807, 2.05) is 56.3 Å². The van der Waals surface area contributed by atoms with Crippen molar-refractivity contribution < 1.29 is 14.3 Å². The Morgan fingerprint density at radius 3 is 2.33 bits per heavy atom. The minimum Gasteiger partial charge on any atom is -0.452 e. The maximum atomic E-state index is 11.9. The highest BCUT2D eigenvalue weighted by Crippen LogP contribution is 2.19. The van der Waals surface area contributed by atoms with Crippen LogP contribution in [0.25, 0.3) is 6.08 Å². The van der Waals surface area contributed by atoms with E-state index in [1.165, 1.54) is 6.08 Å². The Labute approximate surface area is 149 Å². The number of anilines is 1. The number of nitrogens with one attached hydrogen (secondary N) is 1. The van der Waals surface area contributed by atoms with Crippen molar-refractivity contribution in [2.45, 2.75) is 13.8 Å². The van der Waals surface area contributed by atoms with E-state index in [-0.39, 0.29) is 12.5 Å². The quantitative estimate of drug-likeness (QED) is 0.615. The van der Waals surface area contributed by atoms with Crippen LogP contribution in [0.5, 0.6) is 0 Å². The molecular formula is C19H18BrNO3. The van der Waals surface area contributed by atoms with Gasteiger partial charge in [-0.1, -0.05) is 46.3 Å². The van der Waals surface area contributed by atoms with Crippen molar-refractivity contribution in [2.75, 3.05) is 11.9 Å². The summed E-state index contributed by atoms with van der Waals surface area (Å²) >= 11 is 3.34. The molecule has 0 aliphatic carbocycles. The van der Waals surface area contributed by atoms with Gasteiger partial charge in [-0.2, -0.15) is 0 Å². The Bertz CT molecular complexity index is 746. The molecule has 0 saturated heterocycles. The number of benzene rings is 2. The van der Waals surface area contributed by atoms with Gasteiger partial charge in [-0.25, -0.2) is 4.79 Å². The van der Waals surface area contributed by atoms with E-state index in [0.717, 1.165) is 26.9 Å². The number of carbonyl (C=O) groups excluding carboxylic acids is 2. The highest BCUT2D eigenvalue weighted by molar-refractivity contribution is 9.10. The van der Waals surface area contributed by atoms with E-state index in [4.69, 9.17) is 4.74 Å². The lowest BCUT2D eigenvalue weighted by Crippen LogP contribution is -2.21. The number of ether oxygens (including phenoxy) is 1. The fourth-order valence-electron chi connectivity index (χ4n) is 2.11. The van der Waals surface area contributed by atoms with Crippen LogP contribution in [0.15, 0.2) is 53.0 Å². The smallest absolute Gasteiger partial charge is 0.331 e. The van der Waals surface area contributed by atoms with Gasteiger partial charge in [0.15, 0.2) is 6.61 Å². The van der Waals surface area contributed by atoms with Gasteiger partial charge in [0, 0.05) is 16.2 Å². The number of hydrogen-bond donors (Lipinski definition) is 1. The second kappa shape index (κ2) is 8.45. The maximum Gasteiger partial charge on any atom is 0.331 e. The lowest BCUT2D eigenvalue weighted by atomic mass is 10.1. The number of hydrogen-bond acceptors (Lipinski definition) is 3. The predicted molar refractivity (Wildman–Crippen MR) is 98.7 cm³/mol. The summed E-state index contributed by atoms with van der Waals surface area (Å²) in [7, 11) is 0. The van der Waals surface area contributed by atoms with Crippen LogP contribution in [0.1, 0.15) is 16.7 Å². The summed E-state index contributed by atoms with van der Waals surface area (Å²) < 4.78 is 5.92. The van der Waals surface area contributed by atoms with Crippen LogP contribution in [-0.4, -0.2) is 18.5 Å². The first-order valence-electron chi connectivity index (χ1n) is 7.42. The molecule has 0 radical (unpaired) electrons. The highest BCUT2D eigenvalue weighted by Gasteiger charge is 2.09. The molecule has 2 aromatic carbocycles. The average molecular weight is 388 g/mol. The Morgan fingerprint density at radius 2 is 1.71 bits per heavy atom. The third-order valence-electron chi connectivity index (χ3n) is 3.37. The van der Waals surface area contributed by atoms with Crippen LogP contribution in [0, 0.1) is 13.8 Å². The van der Waals surface area contributed by atoms with Gasteiger partial charge >= 0.3 is 5.97 Å². The second-order valence-electron chi connectivity index (χ2n) is 5.31. The van der Waals surface area contributed by atoms with Gasteiger partial charge < -0.3 is 10.1 Å². The van der Waals surface area contributed by atoms with Crippen molar-refractivity contribution in [3.8, 4) is 0 Å². The van der Waals surface area contributed by atoms with E-state index in [0.29, 0.717) is 0 Å². The van der Waals surface area contributed by atoms with Crippen molar-refractivity contribution in [2.24, 2.45) is 0 Å². The molecule has 0 unspecified atom stereocenters. The normalized spacial score (nSPS) is 10.6. The van der Waals surface area contributed by atoms with Crippen LogP contribution in [0.2, 0.25) is 0 Å². The topological polar surface area (TPSA) is 55.4 Å². The van der Waals surface area contributed by atoms with E-state index in [9.17, 15) is 9.59 Å². The zero-order valence-electron chi connectivity index (χ0n) is 13.5. The molecular weight excluding hydrogens is 370 g/mol. The van der Waals surface area contributed by atoms with Crippen molar-refractivity contribution in [1.29, 1.82) is 0 Å². The van der Waals surface area contributed by atoms with Gasteiger partial charge in [0.2, 0.25) is 0 Å². The zero-order chi connectivity index (χ0) is 17.5. The Balaban J connectivity index is 1.85. The molecule has 24 heavy (non-hydrogen) atoms. The number of halogens is 1. The SMILES string of the molecule is Cc1cccc(C)c1NC(=O)COC(=O)/C=C/c1ccc(Br)cc1. The molecule has 0 spiro atoms. The van der Waals surface area contributed by atoms with E-state index < -0.39 is 5.97 Å². The molecule has 1 N–H and O–H groups in total. The fraction of sp³-hybridized carbons (Fsp3) is 0.158. The molecule has 0 aromatic heterocycles. The zero-order valence-corrected chi connectivity index (χ0v) is 15.1. The minimum atomic E-state index is -0.561. The molecule has 2 aromatic rings. The Hall–Kier alpha value is -2.40. The minimum absolute atomic E-state index is 0.322. The first-order valence-corrected chi connectivity index (χ1v) is 8.21. The van der Waals surface area contributed by atoms with Crippen LogP contribution in [-0.2, 0) is 14.3 Å². The standard InChI is InChI=1S/C19H18BrNO3/c1-13-4-3-5-14(2)19(13)21-17(22)12-24-18(23)11-8-15-6-9-16(20)10-7-15/h3-11H,12H2,1-2H3,(H,21,22)/b11-8+. The average Bonchev–Trinajstić information content (AvgIpc) is 2.56. The van der Waals surface area contributed by atoms with Crippen molar-refractivity contribution in [1.82, 2.24) is 0 Å². The summed E-state index contributed by atoms with van der Waals surface area (Å²) in [4.78, 5) is 23.6. The molecule has 0 bridgehead atoms. The third kappa shape index (κ3) is 5.35. The van der Waals surface area contributed by atoms with Crippen molar-refractivity contribution in [3.63, 3.8) is 0 Å². The van der Waals surface area contributed by atoms with E-state index in [1.54, 1.807) is 6.08 Å². The third-order valence-corrected chi connectivity index (χ3v) is 3.90. The Kier molecular flexibility index (Phi) is 6.32. The first-order chi connectivity index (χ1) is 11.5. The van der Waals surface area contributed by atoms with Gasteiger partial charge in [0.1, 0.15) is 0 Å². The largest absolute Gasteiger partial charge is 0.452 e. The molecule has 1 amide bonds. The number of rotatable bonds is 5. The van der Waals surface area contributed by atoms with Crippen LogP contribution >= 0.6 is 15.9 Å². The van der Waals surface area contributed by atoms with Gasteiger partial charge in [0.05, 0.1) is 0 Å². The molecule has 0 saturated carbocycles. The van der Waals surface area contributed by atoms with Gasteiger partial charge in [-0.3, -0.25) is 4.79 Å². The summed E-state index contributed by atoms with van der Waals surface area (Å²) in [6.45, 7) is 3.50. The molecule has 0 aliphatic heterocycles. The lowest BCUT2D eigenvalue weighted by Gasteiger charge is -2.11. The molecule has 124 valence electrons. The van der Waals surface area contributed by atoms with Crippen LogP contribution in [0.3, 0.4) is 0 Å². The summed E-state index contributed by atoms with van der Waals surface area (Å²) in [5, 5.41) is 2.77. The summed E-state index contributed by atoms with van der Waals surface area (Å²) in [6.07, 6.45) is 2.94. The molecule has 0 heterocycles. The Morgan fingerprint density at radius 1 is 1.08 bits per heavy atom. The predicted octanol–water partition coefficient (Wildman–Crippen LogP) is 4.26. The van der Waals surface area contributed by atoms with Crippen LogP contribution < -0.4 is 5.32 Å². The summed E-state index contributed by atoms with van der Waals surface area (Å²) in [5.74, 6) is -0.924. The molecule has 4 nitrogen and oxygen atoms in total. The fourth-order valence-corrected chi connectivity index (χ4v) is 2.37. The molecule has 2 rings (SSSR count). The van der Waals surface area contributed by atoms with Gasteiger partial charge in [0.25, 0.3) is 5.91 Å². The molecule has 0 aliphatic rings. The van der Waals surface area contributed by atoms with Gasteiger partial charge in [-0.05, 0) is 48.7 Å². The van der Waals surface area contributed by atoms with Crippen molar-refractivity contribution in [3.05, 3.63) is 69.7 Å². The van der Waals surface area contributed by atoms with Crippen molar-refractivity contribution >= 4 is 39.6 Å². The summed E-state index contributed by atoms with van der Waals surface area (Å²) in [6, 6.07) is 13.2. The summed E-state index contributed by atoms with van der Waals surface area (Å²) in [5.41, 5.74) is 3.55. The number of carbonyl (C=O) groups is 2. The van der Waals surface area contributed by atoms with E-state index >= 15 is 0 Å². The molecule has 0 fully saturated rings.